The summed E-state index contributed by atoms with van der Waals surface area (Å²) in [6.45, 7) is 3.74. The van der Waals surface area contributed by atoms with Crippen molar-refractivity contribution in [2.24, 2.45) is 10.7 Å². The molecular weight excluding hydrogens is 496 g/mol. The number of aryl methyl sites for hydroxylation is 2. The first kappa shape index (κ1) is 26.6. The zero-order valence-electron chi connectivity index (χ0n) is 22.3. The molecule has 0 radical (unpaired) electrons. The molecule has 9 nitrogen and oxygen atoms in total. The van der Waals surface area contributed by atoms with Crippen LogP contribution in [0.3, 0.4) is 0 Å². The van der Waals surface area contributed by atoms with Crippen LogP contribution in [-0.4, -0.2) is 56.0 Å². The number of carbonyl (C=O) groups excluding carboxylic acids is 1. The minimum atomic E-state index is 0.147. The van der Waals surface area contributed by atoms with Crippen molar-refractivity contribution in [1.82, 2.24) is 25.2 Å². The lowest BCUT2D eigenvalue weighted by atomic mass is 10.0. The number of carbonyl (C=O) groups is 1. The summed E-state index contributed by atoms with van der Waals surface area (Å²) in [7, 11) is 0. The fourth-order valence-corrected chi connectivity index (χ4v) is 7.16. The largest absolute Gasteiger partial charge is 0.382 e. The number of hydrogen-bond donors (Lipinski definition) is 4. The molecular formula is C28H40N8OS. The average Bonchev–Trinajstić information content (AvgIpc) is 3.58. The molecule has 0 saturated carbocycles. The fraction of sp³-hybridized carbons (Fsp3) is 0.571. The Hall–Kier alpha value is -3.01. The van der Waals surface area contributed by atoms with Crippen molar-refractivity contribution in [3.63, 3.8) is 0 Å². The van der Waals surface area contributed by atoms with E-state index in [0.29, 0.717) is 42.1 Å². The lowest BCUT2D eigenvalue weighted by Gasteiger charge is -2.14. The summed E-state index contributed by atoms with van der Waals surface area (Å²) in [5.41, 5.74) is 14.9. The van der Waals surface area contributed by atoms with Crippen LogP contribution in [-0.2, 0) is 17.8 Å². The number of imidazole rings is 1. The number of nitrogens with zero attached hydrogens (tertiary/aromatic N) is 4. The van der Waals surface area contributed by atoms with Gasteiger partial charge in [-0.2, -0.15) is 11.8 Å². The summed E-state index contributed by atoms with van der Waals surface area (Å²) < 4.78 is 2.33. The molecule has 6 N–H and O–H groups in total. The van der Waals surface area contributed by atoms with Crippen molar-refractivity contribution in [3.05, 3.63) is 30.1 Å². The average molecular weight is 537 g/mol. The number of aliphatic imine (C=N–C) groups is 1. The molecule has 3 unspecified atom stereocenters. The van der Waals surface area contributed by atoms with Crippen molar-refractivity contribution in [2.45, 2.75) is 88.6 Å². The molecule has 3 aromatic rings. The number of nitrogens with one attached hydrogen (secondary N) is 2. The summed E-state index contributed by atoms with van der Waals surface area (Å²) in [6, 6.07) is 8.82. The quantitative estimate of drug-likeness (QED) is 0.244. The summed E-state index contributed by atoms with van der Waals surface area (Å²) in [5, 5.41) is 7.97. The van der Waals surface area contributed by atoms with Crippen LogP contribution in [0.25, 0.3) is 21.9 Å². The summed E-state index contributed by atoms with van der Waals surface area (Å²) in [4.78, 5) is 26.4. The number of hydrogen-bond acceptors (Lipinski definition) is 8. The van der Waals surface area contributed by atoms with Crippen LogP contribution in [0, 0.1) is 0 Å². The number of unbranched alkanes of at least 4 members (excludes halogenated alkanes) is 3. The molecule has 3 atom stereocenters. The molecule has 204 valence electrons. The van der Waals surface area contributed by atoms with Crippen LogP contribution < -0.4 is 22.1 Å². The highest BCUT2D eigenvalue weighted by atomic mass is 32.2. The molecule has 1 saturated heterocycles. The number of thioether (sulfide) groups is 1. The van der Waals surface area contributed by atoms with E-state index in [4.69, 9.17) is 16.5 Å². The smallest absolute Gasteiger partial charge is 0.219 e. The molecule has 1 aromatic carbocycles. The Morgan fingerprint density at radius 1 is 1.16 bits per heavy atom. The molecule has 0 aliphatic carbocycles. The van der Waals surface area contributed by atoms with Gasteiger partial charge in [-0.25, -0.2) is 15.0 Å². The number of aromatic nitrogens is 3. The van der Waals surface area contributed by atoms with Gasteiger partial charge in [0.25, 0.3) is 0 Å². The first-order valence-corrected chi connectivity index (χ1v) is 15.1. The Bertz CT molecular complexity index is 1300. The van der Waals surface area contributed by atoms with E-state index in [1.807, 2.05) is 30.0 Å². The highest BCUT2D eigenvalue weighted by molar-refractivity contribution is 8.00. The normalized spacial score (nSPS) is 20.6. The highest BCUT2D eigenvalue weighted by Crippen LogP contribution is 2.35. The summed E-state index contributed by atoms with van der Waals surface area (Å²) >= 11 is 1.98. The zero-order chi connectivity index (χ0) is 26.5. The fourth-order valence-electron chi connectivity index (χ4n) is 5.64. The predicted octanol–water partition coefficient (Wildman–Crippen LogP) is 3.74. The van der Waals surface area contributed by atoms with Gasteiger partial charge in [0.05, 0.1) is 23.1 Å². The second-order valence-corrected chi connectivity index (χ2v) is 11.7. The molecule has 2 aliphatic rings. The van der Waals surface area contributed by atoms with Gasteiger partial charge in [0, 0.05) is 42.3 Å². The molecule has 1 amide bonds. The van der Waals surface area contributed by atoms with E-state index in [0.717, 1.165) is 91.4 Å². The third kappa shape index (κ3) is 5.85. The number of para-hydroxylation sites is 1. The van der Waals surface area contributed by atoms with Gasteiger partial charge >= 0.3 is 0 Å². The van der Waals surface area contributed by atoms with Gasteiger partial charge in [0.15, 0.2) is 11.8 Å². The SMILES string of the molecule is CCCCc1nc2c(N)nc3ccccc3c2n1CCCCNC(=O)CCCCC1SCC2NC(N)=NC21. The Morgan fingerprint density at radius 3 is 2.89 bits per heavy atom. The maximum atomic E-state index is 12.4. The molecule has 38 heavy (non-hydrogen) atoms. The Kier molecular flexibility index (Phi) is 8.56. The molecule has 4 heterocycles. The van der Waals surface area contributed by atoms with Crippen LogP contribution in [0.2, 0.25) is 0 Å². The molecule has 1 fully saturated rings. The molecule has 2 aromatic heterocycles. The minimum Gasteiger partial charge on any atom is -0.382 e. The lowest BCUT2D eigenvalue weighted by molar-refractivity contribution is -0.121. The maximum Gasteiger partial charge on any atom is 0.219 e. The van der Waals surface area contributed by atoms with E-state index in [1.54, 1.807) is 0 Å². The number of guanidine groups is 1. The number of anilines is 1. The number of rotatable bonds is 13. The zero-order valence-corrected chi connectivity index (χ0v) is 23.1. The highest BCUT2D eigenvalue weighted by Gasteiger charge is 2.40. The van der Waals surface area contributed by atoms with Crippen LogP contribution >= 0.6 is 11.8 Å². The predicted molar refractivity (Wildman–Crippen MR) is 157 cm³/mol. The second-order valence-electron chi connectivity index (χ2n) is 10.4. The van der Waals surface area contributed by atoms with E-state index in [1.165, 1.54) is 0 Å². The van der Waals surface area contributed by atoms with Gasteiger partial charge in [-0.3, -0.25) is 4.79 Å². The topological polar surface area (TPSA) is 136 Å². The van der Waals surface area contributed by atoms with Crippen LogP contribution in [0.1, 0.15) is 64.1 Å². The first-order chi connectivity index (χ1) is 18.5. The number of nitrogens with two attached hydrogens (primary N) is 2. The number of amides is 1. The van der Waals surface area contributed by atoms with Crippen molar-refractivity contribution in [2.75, 3.05) is 18.0 Å². The van der Waals surface area contributed by atoms with Gasteiger partial charge in [-0.05, 0) is 38.2 Å². The van der Waals surface area contributed by atoms with Gasteiger partial charge in [0.1, 0.15) is 11.3 Å². The van der Waals surface area contributed by atoms with Crippen molar-refractivity contribution in [3.8, 4) is 0 Å². The van der Waals surface area contributed by atoms with Crippen LogP contribution in [0.5, 0.6) is 0 Å². The van der Waals surface area contributed by atoms with Gasteiger partial charge in [0.2, 0.25) is 5.91 Å². The van der Waals surface area contributed by atoms with Gasteiger partial charge in [-0.1, -0.05) is 38.0 Å². The number of benzene rings is 1. The van der Waals surface area contributed by atoms with E-state index in [9.17, 15) is 4.79 Å². The minimum absolute atomic E-state index is 0.147. The van der Waals surface area contributed by atoms with E-state index >= 15 is 0 Å². The van der Waals surface area contributed by atoms with Crippen LogP contribution in [0.4, 0.5) is 5.82 Å². The molecule has 5 rings (SSSR count). The van der Waals surface area contributed by atoms with Crippen molar-refractivity contribution in [1.29, 1.82) is 0 Å². The third-order valence-corrected chi connectivity index (χ3v) is 9.12. The Labute approximate surface area is 228 Å². The Balaban J connectivity index is 1.08. The lowest BCUT2D eigenvalue weighted by Crippen LogP contribution is -2.38. The second kappa shape index (κ2) is 12.2. The number of fused-ring (bicyclic) bond motifs is 4. The molecule has 0 spiro atoms. The standard InChI is InChI=1S/C28H40N8OS/c1-2-3-13-22-34-25-26(18-10-4-5-11-19(18)32-27(25)29)36(22)16-9-8-15-31-23(37)14-7-6-12-21-24-20(17-38-21)33-28(30)35-24/h4-5,10-11,20-21,24H,2-3,6-9,12-17H2,1H3,(H2,29,32)(H,31,37)(H3,30,33,35). The van der Waals surface area contributed by atoms with Crippen molar-refractivity contribution >= 4 is 51.4 Å². The van der Waals surface area contributed by atoms with Gasteiger partial charge < -0.3 is 26.7 Å². The summed E-state index contributed by atoms with van der Waals surface area (Å²) in [6.07, 6.45) is 8.64. The van der Waals surface area contributed by atoms with E-state index < -0.39 is 0 Å². The molecule has 2 aliphatic heterocycles. The third-order valence-electron chi connectivity index (χ3n) is 7.62. The van der Waals surface area contributed by atoms with Crippen LogP contribution in [0.15, 0.2) is 29.3 Å². The van der Waals surface area contributed by atoms with E-state index in [2.05, 4.69) is 38.2 Å². The number of nitrogen functional groups attached to an aromatic ring is 1. The van der Waals surface area contributed by atoms with Gasteiger partial charge in [-0.15, -0.1) is 0 Å². The maximum absolute atomic E-state index is 12.4. The molecule has 10 heteroatoms. The van der Waals surface area contributed by atoms with E-state index in [-0.39, 0.29) is 5.91 Å². The first-order valence-electron chi connectivity index (χ1n) is 14.1. The monoisotopic (exact) mass is 536 g/mol. The molecule has 0 bridgehead atoms. The van der Waals surface area contributed by atoms with Crippen molar-refractivity contribution < 1.29 is 4.79 Å². The summed E-state index contributed by atoms with van der Waals surface area (Å²) in [5.74, 6) is 3.36. The Morgan fingerprint density at radius 2 is 2.03 bits per heavy atom. The number of pyridine rings is 1.